The molecule has 2 rings (SSSR count). The third-order valence-electron chi connectivity index (χ3n) is 2.25. The fraction of sp³-hybridized carbons (Fsp3) is 0.0769. The lowest BCUT2D eigenvalue weighted by Crippen LogP contribution is -2.06. The standard InChI is InChI=1S/C13H11NO3/c1-8(2)12-14-11(15)10(13(16)17-12)9-6-4-3-5-7-9/h3-7,15H,1H2,2H3. The minimum atomic E-state index is -0.623. The third-order valence-corrected chi connectivity index (χ3v) is 2.25. The first kappa shape index (κ1) is 11.1. The molecule has 1 aromatic heterocycles. The van der Waals surface area contributed by atoms with Crippen LogP contribution in [0, 0.1) is 0 Å². The molecule has 0 saturated heterocycles. The fourth-order valence-corrected chi connectivity index (χ4v) is 1.44. The van der Waals surface area contributed by atoms with Gasteiger partial charge in [0.1, 0.15) is 5.56 Å². The number of aromatic hydroxyl groups is 1. The molecule has 1 N–H and O–H groups in total. The Morgan fingerprint density at radius 3 is 2.53 bits per heavy atom. The second-order valence-corrected chi connectivity index (χ2v) is 3.65. The molecule has 0 amide bonds. The second kappa shape index (κ2) is 4.25. The number of aromatic nitrogens is 1. The van der Waals surface area contributed by atoms with Crippen molar-refractivity contribution in [1.82, 2.24) is 4.98 Å². The van der Waals surface area contributed by atoms with Crippen LogP contribution in [0.4, 0.5) is 0 Å². The van der Waals surface area contributed by atoms with Gasteiger partial charge in [-0.25, -0.2) is 4.79 Å². The number of rotatable bonds is 2. The fourth-order valence-electron chi connectivity index (χ4n) is 1.44. The molecule has 0 atom stereocenters. The van der Waals surface area contributed by atoms with Crippen molar-refractivity contribution in [2.24, 2.45) is 0 Å². The Morgan fingerprint density at radius 2 is 2.00 bits per heavy atom. The van der Waals surface area contributed by atoms with E-state index in [1.54, 1.807) is 31.2 Å². The first-order chi connectivity index (χ1) is 8.09. The molecule has 0 radical (unpaired) electrons. The summed E-state index contributed by atoms with van der Waals surface area (Å²) < 4.78 is 4.98. The molecule has 0 fully saturated rings. The van der Waals surface area contributed by atoms with Crippen LogP contribution in [0.3, 0.4) is 0 Å². The monoisotopic (exact) mass is 229 g/mol. The van der Waals surface area contributed by atoms with Crippen LogP contribution in [-0.4, -0.2) is 10.1 Å². The summed E-state index contributed by atoms with van der Waals surface area (Å²) in [6, 6.07) is 8.75. The lowest BCUT2D eigenvalue weighted by atomic mass is 10.1. The Labute approximate surface area is 97.9 Å². The molecular formula is C13H11NO3. The van der Waals surface area contributed by atoms with Crippen molar-refractivity contribution in [2.45, 2.75) is 6.92 Å². The van der Waals surface area contributed by atoms with Gasteiger partial charge in [-0.2, -0.15) is 4.98 Å². The zero-order valence-corrected chi connectivity index (χ0v) is 9.30. The van der Waals surface area contributed by atoms with Crippen LogP contribution in [0.2, 0.25) is 0 Å². The molecular weight excluding hydrogens is 218 g/mol. The van der Waals surface area contributed by atoms with Crippen molar-refractivity contribution in [3.8, 4) is 17.0 Å². The summed E-state index contributed by atoms with van der Waals surface area (Å²) in [6.07, 6.45) is 0. The van der Waals surface area contributed by atoms with Gasteiger partial charge in [0, 0.05) is 5.57 Å². The summed E-state index contributed by atoms with van der Waals surface area (Å²) in [5, 5.41) is 9.76. The Morgan fingerprint density at radius 1 is 1.35 bits per heavy atom. The van der Waals surface area contributed by atoms with E-state index in [2.05, 4.69) is 11.6 Å². The van der Waals surface area contributed by atoms with Crippen molar-refractivity contribution in [1.29, 1.82) is 0 Å². The largest absolute Gasteiger partial charge is 0.493 e. The first-order valence-corrected chi connectivity index (χ1v) is 5.05. The molecule has 0 spiro atoms. The van der Waals surface area contributed by atoms with Gasteiger partial charge in [0.05, 0.1) is 0 Å². The van der Waals surface area contributed by atoms with Crippen LogP contribution < -0.4 is 5.63 Å². The number of hydrogen-bond acceptors (Lipinski definition) is 4. The van der Waals surface area contributed by atoms with Gasteiger partial charge in [-0.05, 0) is 12.5 Å². The summed E-state index contributed by atoms with van der Waals surface area (Å²) in [5.74, 6) is -0.294. The van der Waals surface area contributed by atoms with E-state index >= 15 is 0 Å². The normalized spacial score (nSPS) is 10.2. The van der Waals surface area contributed by atoms with E-state index in [4.69, 9.17) is 4.42 Å². The van der Waals surface area contributed by atoms with E-state index in [1.165, 1.54) is 0 Å². The van der Waals surface area contributed by atoms with Gasteiger partial charge in [-0.3, -0.25) is 0 Å². The van der Waals surface area contributed by atoms with Crippen LogP contribution >= 0.6 is 0 Å². The predicted octanol–water partition coefficient (Wildman–Crippen LogP) is 2.44. The van der Waals surface area contributed by atoms with Crippen LogP contribution in [-0.2, 0) is 0 Å². The van der Waals surface area contributed by atoms with Gasteiger partial charge in [0.2, 0.25) is 11.8 Å². The first-order valence-electron chi connectivity index (χ1n) is 5.05. The molecule has 2 aromatic rings. The Kier molecular flexibility index (Phi) is 2.78. The molecule has 4 nitrogen and oxygen atoms in total. The van der Waals surface area contributed by atoms with Crippen molar-refractivity contribution in [2.75, 3.05) is 0 Å². The molecule has 0 saturated carbocycles. The average molecular weight is 229 g/mol. The number of allylic oxidation sites excluding steroid dienone is 1. The molecule has 0 aliphatic heterocycles. The van der Waals surface area contributed by atoms with Gasteiger partial charge in [0.25, 0.3) is 0 Å². The summed E-state index contributed by atoms with van der Waals surface area (Å²) in [6.45, 7) is 5.25. The maximum atomic E-state index is 11.8. The molecule has 0 bridgehead atoms. The molecule has 0 aliphatic carbocycles. The Hall–Kier alpha value is -2.36. The molecule has 0 unspecified atom stereocenters. The van der Waals surface area contributed by atoms with E-state index in [0.29, 0.717) is 11.1 Å². The van der Waals surface area contributed by atoms with Gasteiger partial charge >= 0.3 is 5.63 Å². The van der Waals surface area contributed by atoms with Crippen molar-refractivity contribution in [3.63, 3.8) is 0 Å². The molecule has 17 heavy (non-hydrogen) atoms. The van der Waals surface area contributed by atoms with Gasteiger partial charge in [0.15, 0.2) is 0 Å². The van der Waals surface area contributed by atoms with Gasteiger partial charge in [-0.15, -0.1) is 0 Å². The van der Waals surface area contributed by atoms with Crippen molar-refractivity contribution in [3.05, 3.63) is 53.2 Å². The highest BCUT2D eigenvalue weighted by Gasteiger charge is 2.14. The van der Waals surface area contributed by atoms with E-state index in [9.17, 15) is 9.90 Å². The summed E-state index contributed by atoms with van der Waals surface area (Å²) >= 11 is 0. The minimum absolute atomic E-state index is 0.0483. The number of hydrogen-bond donors (Lipinski definition) is 1. The summed E-state index contributed by atoms with van der Waals surface area (Å²) in [7, 11) is 0. The van der Waals surface area contributed by atoms with Crippen molar-refractivity contribution >= 4 is 5.57 Å². The maximum Gasteiger partial charge on any atom is 0.351 e. The van der Waals surface area contributed by atoms with Crippen LogP contribution in [0.25, 0.3) is 16.7 Å². The molecule has 86 valence electrons. The van der Waals surface area contributed by atoms with E-state index in [1.807, 2.05) is 6.07 Å². The second-order valence-electron chi connectivity index (χ2n) is 3.65. The third kappa shape index (κ3) is 2.10. The Bertz CT molecular complexity index is 614. The lowest BCUT2D eigenvalue weighted by Gasteiger charge is -2.03. The zero-order valence-electron chi connectivity index (χ0n) is 9.30. The van der Waals surface area contributed by atoms with Gasteiger partial charge < -0.3 is 9.52 Å². The smallest absolute Gasteiger partial charge is 0.351 e. The highest BCUT2D eigenvalue weighted by molar-refractivity contribution is 5.67. The average Bonchev–Trinajstić information content (AvgIpc) is 2.29. The van der Waals surface area contributed by atoms with Crippen molar-refractivity contribution < 1.29 is 9.52 Å². The number of benzene rings is 1. The quantitative estimate of drug-likeness (QED) is 0.859. The van der Waals surface area contributed by atoms with Gasteiger partial charge in [-0.1, -0.05) is 36.9 Å². The topological polar surface area (TPSA) is 63.3 Å². The summed E-state index contributed by atoms with van der Waals surface area (Å²) in [5.41, 5.74) is 0.494. The minimum Gasteiger partial charge on any atom is -0.493 e. The maximum absolute atomic E-state index is 11.8. The van der Waals surface area contributed by atoms with E-state index in [0.717, 1.165) is 0 Å². The van der Waals surface area contributed by atoms with Crippen LogP contribution in [0.5, 0.6) is 5.88 Å². The van der Waals surface area contributed by atoms with E-state index in [-0.39, 0.29) is 17.3 Å². The SMILES string of the molecule is C=C(C)c1nc(O)c(-c2ccccc2)c(=O)o1. The molecule has 4 heteroatoms. The number of nitrogens with zero attached hydrogens (tertiary/aromatic N) is 1. The lowest BCUT2D eigenvalue weighted by molar-refractivity contribution is 0.411. The zero-order chi connectivity index (χ0) is 12.4. The highest BCUT2D eigenvalue weighted by atomic mass is 16.4. The molecule has 1 aromatic carbocycles. The predicted molar refractivity (Wildman–Crippen MR) is 64.6 cm³/mol. The Balaban J connectivity index is 2.65. The van der Waals surface area contributed by atoms with Crippen LogP contribution in [0.1, 0.15) is 12.8 Å². The van der Waals surface area contributed by atoms with E-state index < -0.39 is 5.63 Å². The highest BCUT2D eigenvalue weighted by Crippen LogP contribution is 2.24. The summed E-state index contributed by atoms with van der Waals surface area (Å²) in [4.78, 5) is 15.6. The molecule has 1 heterocycles. The molecule has 0 aliphatic rings. The van der Waals surface area contributed by atoms with Crippen LogP contribution in [0.15, 0.2) is 46.1 Å².